The highest BCUT2D eigenvalue weighted by atomic mass is 32.1. The molecule has 6 heteroatoms. The first-order valence-corrected chi connectivity index (χ1v) is 7.53. The molecule has 1 aliphatic carbocycles. The Labute approximate surface area is 116 Å². The summed E-state index contributed by atoms with van der Waals surface area (Å²) in [5.41, 5.74) is 2.67. The maximum Gasteiger partial charge on any atom is 0.152 e. The molecular weight excluding hydrogens is 258 g/mol. The lowest BCUT2D eigenvalue weighted by atomic mass is 9.85. The average molecular weight is 277 g/mol. The van der Waals surface area contributed by atoms with Crippen LogP contribution in [0.2, 0.25) is 0 Å². The van der Waals surface area contributed by atoms with Gasteiger partial charge in [-0.2, -0.15) is 0 Å². The van der Waals surface area contributed by atoms with E-state index in [0.717, 1.165) is 40.9 Å². The first-order valence-electron chi connectivity index (χ1n) is 6.65. The topological polar surface area (TPSA) is 67.1 Å². The number of hydrogen-bond donors (Lipinski definition) is 2. The van der Waals surface area contributed by atoms with E-state index in [2.05, 4.69) is 27.3 Å². The lowest BCUT2D eigenvalue weighted by Crippen LogP contribution is -2.29. The van der Waals surface area contributed by atoms with Crippen LogP contribution in [0.1, 0.15) is 25.1 Å². The van der Waals surface area contributed by atoms with Crippen molar-refractivity contribution in [3.63, 3.8) is 0 Å². The van der Waals surface area contributed by atoms with Gasteiger partial charge in [0.1, 0.15) is 10.7 Å². The van der Waals surface area contributed by atoms with Crippen molar-refractivity contribution in [2.75, 3.05) is 19.0 Å². The summed E-state index contributed by atoms with van der Waals surface area (Å²) in [4.78, 5) is 12.4. The van der Waals surface area contributed by atoms with Gasteiger partial charge in [0, 0.05) is 6.54 Å². The van der Waals surface area contributed by atoms with Crippen LogP contribution < -0.4 is 11.3 Å². The molecule has 1 fully saturated rings. The Kier molecular flexibility index (Phi) is 3.63. The van der Waals surface area contributed by atoms with Gasteiger partial charge in [-0.05, 0) is 37.3 Å². The average Bonchev–Trinajstić information content (AvgIpc) is 2.81. The fraction of sp³-hybridized carbons (Fsp3) is 0.538. The van der Waals surface area contributed by atoms with Crippen molar-refractivity contribution in [3.8, 4) is 0 Å². The SMILES string of the molecule is CN(Cc1nc(NN)c2ccsc2n1)CC1CCC1. The van der Waals surface area contributed by atoms with E-state index in [-0.39, 0.29) is 0 Å². The van der Waals surface area contributed by atoms with Crippen LogP contribution in [-0.2, 0) is 6.54 Å². The van der Waals surface area contributed by atoms with Gasteiger partial charge in [-0.1, -0.05) is 6.42 Å². The molecule has 0 radical (unpaired) electrons. The molecule has 0 atom stereocenters. The fourth-order valence-corrected chi connectivity index (χ4v) is 3.29. The zero-order chi connectivity index (χ0) is 13.2. The number of thiophene rings is 1. The van der Waals surface area contributed by atoms with Crippen molar-refractivity contribution in [2.45, 2.75) is 25.8 Å². The molecule has 0 bridgehead atoms. The molecular formula is C13H19N5S. The molecule has 0 amide bonds. The van der Waals surface area contributed by atoms with Gasteiger partial charge in [-0.25, -0.2) is 15.8 Å². The van der Waals surface area contributed by atoms with Gasteiger partial charge in [0.2, 0.25) is 0 Å². The van der Waals surface area contributed by atoms with Gasteiger partial charge in [0.25, 0.3) is 0 Å². The summed E-state index contributed by atoms with van der Waals surface area (Å²) in [6, 6.07) is 2.00. The summed E-state index contributed by atoms with van der Waals surface area (Å²) in [5.74, 6) is 7.96. The summed E-state index contributed by atoms with van der Waals surface area (Å²) in [7, 11) is 2.13. The third kappa shape index (κ3) is 2.70. The Bertz CT molecular complexity index is 563. The van der Waals surface area contributed by atoms with E-state index in [1.54, 1.807) is 11.3 Å². The number of nitrogen functional groups attached to an aromatic ring is 1. The number of anilines is 1. The number of hydrazine groups is 1. The third-order valence-corrected chi connectivity index (χ3v) is 4.52. The van der Waals surface area contributed by atoms with Crippen LogP contribution in [0.3, 0.4) is 0 Å². The molecule has 3 rings (SSSR count). The molecule has 0 aliphatic heterocycles. The highest BCUT2D eigenvalue weighted by Gasteiger charge is 2.19. The number of aromatic nitrogens is 2. The normalized spacial score (nSPS) is 15.9. The zero-order valence-electron chi connectivity index (χ0n) is 11.1. The summed E-state index contributed by atoms with van der Waals surface area (Å²) < 4.78 is 0. The maximum absolute atomic E-state index is 5.54. The van der Waals surface area contributed by atoms with Crippen LogP contribution in [0.25, 0.3) is 10.2 Å². The van der Waals surface area contributed by atoms with Crippen LogP contribution in [-0.4, -0.2) is 28.5 Å². The third-order valence-electron chi connectivity index (χ3n) is 3.71. The van der Waals surface area contributed by atoms with Crippen LogP contribution in [0.5, 0.6) is 0 Å². The maximum atomic E-state index is 5.54. The van der Waals surface area contributed by atoms with Crippen molar-refractivity contribution in [1.82, 2.24) is 14.9 Å². The number of hydrogen-bond acceptors (Lipinski definition) is 6. The zero-order valence-corrected chi connectivity index (χ0v) is 11.9. The summed E-state index contributed by atoms with van der Waals surface area (Å²) in [5, 5.41) is 3.01. The van der Waals surface area contributed by atoms with Crippen LogP contribution >= 0.6 is 11.3 Å². The Balaban J connectivity index is 1.75. The predicted octanol–water partition coefficient (Wildman–Crippen LogP) is 2.21. The van der Waals surface area contributed by atoms with E-state index >= 15 is 0 Å². The quantitative estimate of drug-likeness (QED) is 0.648. The number of nitrogens with one attached hydrogen (secondary N) is 1. The highest BCUT2D eigenvalue weighted by Crippen LogP contribution is 2.28. The van der Waals surface area contributed by atoms with Gasteiger partial charge in [0.05, 0.1) is 11.9 Å². The molecule has 0 spiro atoms. The van der Waals surface area contributed by atoms with Crippen molar-refractivity contribution >= 4 is 27.4 Å². The van der Waals surface area contributed by atoms with E-state index in [4.69, 9.17) is 5.84 Å². The number of fused-ring (bicyclic) bond motifs is 1. The summed E-state index contributed by atoms with van der Waals surface area (Å²) in [6.07, 6.45) is 4.12. The van der Waals surface area contributed by atoms with E-state index in [1.165, 1.54) is 19.3 Å². The molecule has 102 valence electrons. The Morgan fingerprint density at radius 3 is 3.00 bits per heavy atom. The number of nitrogens with two attached hydrogens (primary N) is 1. The molecule has 2 aromatic rings. The van der Waals surface area contributed by atoms with Crippen LogP contribution in [0.4, 0.5) is 5.82 Å². The molecule has 2 heterocycles. The van der Waals surface area contributed by atoms with Crippen molar-refractivity contribution < 1.29 is 0 Å². The second-order valence-electron chi connectivity index (χ2n) is 5.27. The molecule has 1 aliphatic rings. The van der Waals surface area contributed by atoms with Crippen LogP contribution in [0, 0.1) is 5.92 Å². The lowest BCUT2D eigenvalue weighted by molar-refractivity contribution is 0.197. The molecule has 2 aromatic heterocycles. The minimum atomic E-state index is 0.721. The van der Waals surface area contributed by atoms with Crippen molar-refractivity contribution in [2.24, 2.45) is 11.8 Å². The Morgan fingerprint density at radius 1 is 1.47 bits per heavy atom. The second-order valence-corrected chi connectivity index (χ2v) is 6.16. The summed E-state index contributed by atoms with van der Waals surface area (Å²) in [6.45, 7) is 1.91. The van der Waals surface area contributed by atoms with E-state index in [1.807, 2.05) is 11.4 Å². The lowest BCUT2D eigenvalue weighted by Gasteiger charge is -2.29. The van der Waals surface area contributed by atoms with Gasteiger partial charge >= 0.3 is 0 Å². The van der Waals surface area contributed by atoms with Gasteiger partial charge in [0.15, 0.2) is 5.82 Å². The molecule has 0 saturated heterocycles. The predicted molar refractivity (Wildman–Crippen MR) is 78.9 cm³/mol. The van der Waals surface area contributed by atoms with Crippen LogP contribution in [0.15, 0.2) is 11.4 Å². The van der Waals surface area contributed by atoms with Gasteiger partial charge in [-0.15, -0.1) is 11.3 Å². The van der Waals surface area contributed by atoms with Crippen molar-refractivity contribution in [3.05, 3.63) is 17.3 Å². The molecule has 1 saturated carbocycles. The first kappa shape index (κ1) is 12.8. The number of nitrogens with zero attached hydrogens (tertiary/aromatic N) is 3. The van der Waals surface area contributed by atoms with E-state index in [0.29, 0.717) is 0 Å². The van der Waals surface area contributed by atoms with E-state index in [9.17, 15) is 0 Å². The molecule has 19 heavy (non-hydrogen) atoms. The van der Waals surface area contributed by atoms with Crippen molar-refractivity contribution in [1.29, 1.82) is 0 Å². The monoisotopic (exact) mass is 277 g/mol. The first-order chi connectivity index (χ1) is 9.26. The summed E-state index contributed by atoms with van der Waals surface area (Å²) >= 11 is 1.62. The molecule has 3 N–H and O–H groups in total. The van der Waals surface area contributed by atoms with Gasteiger partial charge < -0.3 is 5.43 Å². The highest BCUT2D eigenvalue weighted by molar-refractivity contribution is 7.16. The Morgan fingerprint density at radius 2 is 2.32 bits per heavy atom. The molecule has 5 nitrogen and oxygen atoms in total. The second kappa shape index (κ2) is 5.40. The number of rotatable bonds is 5. The fourth-order valence-electron chi connectivity index (χ4n) is 2.50. The van der Waals surface area contributed by atoms with E-state index < -0.39 is 0 Å². The Hall–Kier alpha value is -1.24. The molecule has 0 aromatic carbocycles. The smallest absolute Gasteiger partial charge is 0.152 e. The standard InChI is InChI=1S/C13H19N5S/c1-18(7-9-3-2-4-9)8-11-15-12(17-14)10-5-6-19-13(10)16-11/h5-6,9H,2-4,7-8,14H2,1H3,(H,15,16,17). The largest absolute Gasteiger partial charge is 0.308 e. The minimum Gasteiger partial charge on any atom is -0.308 e. The van der Waals surface area contributed by atoms with Gasteiger partial charge in [-0.3, -0.25) is 4.90 Å². The minimum absolute atomic E-state index is 0.721. The molecule has 0 unspecified atom stereocenters.